The molecule has 0 spiro atoms. The number of nitrogens with zero attached hydrogens (tertiary/aromatic N) is 4. The summed E-state index contributed by atoms with van der Waals surface area (Å²) in [5, 5.41) is 4.54. The summed E-state index contributed by atoms with van der Waals surface area (Å²) in [6.45, 7) is 6.23. The zero-order valence-electron chi connectivity index (χ0n) is 16.0. The van der Waals surface area contributed by atoms with Crippen LogP contribution < -0.4 is 0 Å². The van der Waals surface area contributed by atoms with Crippen molar-refractivity contribution in [1.29, 1.82) is 0 Å². The summed E-state index contributed by atoms with van der Waals surface area (Å²) < 4.78 is 2.04. The molecule has 1 aromatic heterocycles. The van der Waals surface area contributed by atoms with Gasteiger partial charge in [0.2, 0.25) is 11.8 Å². The minimum atomic E-state index is -0.231. The van der Waals surface area contributed by atoms with Crippen molar-refractivity contribution in [3.8, 4) is 0 Å². The van der Waals surface area contributed by atoms with E-state index in [4.69, 9.17) is 0 Å². The first-order valence-electron chi connectivity index (χ1n) is 10.2. The van der Waals surface area contributed by atoms with Crippen molar-refractivity contribution in [1.82, 2.24) is 19.6 Å². The monoisotopic (exact) mass is 358 g/mol. The Labute approximate surface area is 155 Å². The second-order valence-electron chi connectivity index (χ2n) is 8.29. The number of likely N-dealkylation sites (tertiary alicyclic amines) is 2. The van der Waals surface area contributed by atoms with Gasteiger partial charge in [-0.2, -0.15) is 5.10 Å². The maximum atomic E-state index is 13.0. The molecule has 0 unspecified atom stereocenters. The van der Waals surface area contributed by atoms with Crippen LogP contribution in [0.3, 0.4) is 0 Å². The average molecular weight is 358 g/mol. The minimum absolute atomic E-state index is 0.143. The summed E-state index contributed by atoms with van der Waals surface area (Å²) in [5.41, 5.74) is 2.17. The SMILES string of the molecule is Cc1cc(C)n(C2CN(C(=O)[C@@H]3CCCN3C(=O)C3CCCCC3)C2)n1. The summed E-state index contributed by atoms with van der Waals surface area (Å²) in [6.07, 6.45) is 7.31. The molecule has 3 fully saturated rings. The number of rotatable bonds is 3. The highest BCUT2D eigenvalue weighted by Gasteiger charge is 2.42. The van der Waals surface area contributed by atoms with Crippen LogP contribution in [0.4, 0.5) is 0 Å². The molecule has 1 atom stereocenters. The molecule has 26 heavy (non-hydrogen) atoms. The number of aryl methyl sites for hydroxylation is 2. The molecule has 4 rings (SSSR count). The van der Waals surface area contributed by atoms with Crippen molar-refractivity contribution in [3.05, 3.63) is 17.5 Å². The molecule has 3 aliphatic rings. The Balaban J connectivity index is 1.37. The predicted molar refractivity (Wildman–Crippen MR) is 98.6 cm³/mol. The standard InChI is InChI=1S/C20H30N4O2/c1-14-11-15(2)24(21-14)17-12-22(13-17)20(26)18-9-6-10-23(18)19(25)16-7-4-3-5-8-16/h11,16-18H,3-10,12-13H2,1-2H3/t18-/m0/s1. The van der Waals surface area contributed by atoms with Gasteiger partial charge in [0.25, 0.3) is 0 Å². The molecule has 1 aliphatic carbocycles. The fraction of sp³-hybridized carbons (Fsp3) is 0.750. The molecule has 6 nitrogen and oxygen atoms in total. The number of aromatic nitrogens is 2. The van der Waals surface area contributed by atoms with E-state index in [1.807, 2.05) is 21.4 Å². The van der Waals surface area contributed by atoms with Gasteiger partial charge in [-0.3, -0.25) is 14.3 Å². The van der Waals surface area contributed by atoms with Gasteiger partial charge in [-0.1, -0.05) is 19.3 Å². The van der Waals surface area contributed by atoms with Crippen molar-refractivity contribution >= 4 is 11.8 Å². The Morgan fingerprint density at radius 2 is 1.73 bits per heavy atom. The number of carbonyl (C=O) groups is 2. The molecule has 0 N–H and O–H groups in total. The third-order valence-corrected chi connectivity index (χ3v) is 6.34. The molecular weight excluding hydrogens is 328 g/mol. The van der Waals surface area contributed by atoms with E-state index in [0.717, 1.165) is 56.5 Å². The van der Waals surface area contributed by atoms with Crippen LogP contribution in [0, 0.1) is 19.8 Å². The van der Waals surface area contributed by atoms with Crippen LogP contribution in [0.1, 0.15) is 62.4 Å². The van der Waals surface area contributed by atoms with Crippen molar-refractivity contribution in [2.75, 3.05) is 19.6 Å². The lowest BCUT2D eigenvalue weighted by molar-refractivity contribution is -0.150. The molecule has 0 bridgehead atoms. The van der Waals surface area contributed by atoms with Crippen molar-refractivity contribution in [2.24, 2.45) is 5.92 Å². The molecule has 3 heterocycles. The summed E-state index contributed by atoms with van der Waals surface area (Å²) >= 11 is 0. The topological polar surface area (TPSA) is 58.4 Å². The van der Waals surface area contributed by atoms with Crippen molar-refractivity contribution in [2.45, 2.75) is 70.9 Å². The van der Waals surface area contributed by atoms with Crippen LogP contribution in [0.5, 0.6) is 0 Å². The first-order valence-corrected chi connectivity index (χ1v) is 10.2. The number of hydrogen-bond acceptors (Lipinski definition) is 3. The van der Waals surface area contributed by atoms with Gasteiger partial charge in [0, 0.05) is 31.2 Å². The van der Waals surface area contributed by atoms with Crippen LogP contribution in [0.25, 0.3) is 0 Å². The smallest absolute Gasteiger partial charge is 0.245 e. The van der Waals surface area contributed by atoms with Gasteiger partial charge in [0.05, 0.1) is 11.7 Å². The minimum Gasteiger partial charge on any atom is -0.336 e. The highest BCUT2D eigenvalue weighted by molar-refractivity contribution is 5.89. The second-order valence-corrected chi connectivity index (χ2v) is 8.29. The molecule has 6 heteroatoms. The lowest BCUT2D eigenvalue weighted by atomic mass is 9.88. The van der Waals surface area contributed by atoms with E-state index in [-0.39, 0.29) is 29.8 Å². The zero-order valence-corrected chi connectivity index (χ0v) is 16.0. The van der Waals surface area contributed by atoms with Gasteiger partial charge in [-0.15, -0.1) is 0 Å². The van der Waals surface area contributed by atoms with E-state index in [0.29, 0.717) is 13.1 Å². The van der Waals surface area contributed by atoms with E-state index in [2.05, 4.69) is 18.1 Å². The van der Waals surface area contributed by atoms with E-state index in [1.54, 1.807) is 0 Å². The molecule has 1 aromatic rings. The van der Waals surface area contributed by atoms with Crippen LogP contribution in [-0.2, 0) is 9.59 Å². The molecule has 142 valence electrons. The molecule has 1 saturated carbocycles. The van der Waals surface area contributed by atoms with Gasteiger partial charge >= 0.3 is 0 Å². The van der Waals surface area contributed by atoms with E-state index in [9.17, 15) is 9.59 Å². The Morgan fingerprint density at radius 3 is 2.38 bits per heavy atom. The Morgan fingerprint density at radius 1 is 1.00 bits per heavy atom. The van der Waals surface area contributed by atoms with Crippen LogP contribution >= 0.6 is 0 Å². The lowest BCUT2D eigenvalue weighted by Gasteiger charge is -2.42. The second kappa shape index (κ2) is 7.05. The Bertz CT molecular complexity index is 686. The molecular formula is C20H30N4O2. The molecule has 2 amide bonds. The maximum absolute atomic E-state index is 13.0. The summed E-state index contributed by atoms with van der Waals surface area (Å²) in [7, 11) is 0. The highest BCUT2D eigenvalue weighted by Crippen LogP contribution is 2.31. The van der Waals surface area contributed by atoms with Gasteiger partial charge in [-0.05, 0) is 45.6 Å². The Kier molecular flexibility index (Phi) is 4.76. The van der Waals surface area contributed by atoms with Crippen molar-refractivity contribution < 1.29 is 9.59 Å². The van der Waals surface area contributed by atoms with Crippen molar-refractivity contribution in [3.63, 3.8) is 0 Å². The first-order chi connectivity index (χ1) is 12.5. The highest BCUT2D eigenvalue weighted by atomic mass is 16.2. The van der Waals surface area contributed by atoms with E-state index in [1.165, 1.54) is 6.42 Å². The van der Waals surface area contributed by atoms with Gasteiger partial charge in [-0.25, -0.2) is 0 Å². The van der Waals surface area contributed by atoms with Gasteiger partial charge in [0.15, 0.2) is 0 Å². The quantitative estimate of drug-likeness (QED) is 0.834. The lowest BCUT2D eigenvalue weighted by Crippen LogP contribution is -2.57. The van der Waals surface area contributed by atoms with Crippen LogP contribution in [0.15, 0.2) is 6.07 Å². The predicted octanol–water partition coefficient (Wildman–Crippen LogP) is 2.45. The molecule has 2 saturated heterocycles. The molecule has 0 radical (unpaired) electrons. The third-order valence-electron chi connectivity index (χ3n) is 6.34. The maximum Gasteiger partial charge on any atom is 0.245 e. The van der Waals surface area contributed by atoms with E-state index < -0.39 is 0 Å². The fourth-order valence-corrected chi connectivity index (χ4v) is 4.89. The molecule has 2 aliphatic heterocycles. The first kappa shape index (κ1) is 17.6. The fourth-order valence-electron chi connectivity index (χ4n) is 4.89. The number of carbonyl (C=O) groups excluding carboxylic acids is 2. The average Bonchev–Trinajstić information content (AvgIpc) is 3.20. The van der Waals surface area contributed by atoms with E-state index >= 15 is 0 Å². The largest absolute Gasteiger partial charge is 0.336 e. The van der Waals surface area contributed by atoms with Crippen LogP contribution in [-0.4, -0.2) is 57.1 Å². The van der Waals surface area contributed by atoms with Gasteiger partial charge < -0.3 is 9.80 Å². The summed E-state index contributed by atoms with van der Waals surface area (Å²) in [4.78, 5) is 29.7. The number of hydrogen-bond donors (Lipinski definition) is 0. The molecule has 0 aromatic carbocycles. The Hall–Kier alpha value is -1.85. The zero-order chi connectivity index (χ0) is 18.3. The summed E-state index contributed by atoms with van der Waals surface area (Å²) in [6, 6.07) is 2.12. The third kappa shape index (κ3) is 3.14. The van der Waals surface area contributed by atoms with Crippen LogP contribution in [0.2, 0.25) is 0 Å². The summed E-state index contributed by atoms with van der Waals surface area (Å²) in [5.74, 6) is 0.525. The number of amides is 2. The van der Waals surface area contributed by atoms with Gasteiger partial charge in [0.1, 0.15) is 6.04 Å². The normalized spacial score (nSPS) is 24.8.